The van der Waals surface area contributed by atoms with Crippen LogP contribution in [-0.4, -0.2) is 11.3 Å². The van der Waals surface area contributed by atoms with Gasteiger partial charge in [0.1, 0.15) is 6.29 Å². The van der Waals surface area contributed by atoms with E-state index in [2.05, 4.69) is 16.8 Å². The molecule has 0 amide bonds. The Kier molecular flexibility index (Phi) is 2.75. The molecule has 0 fully saturated rings. The van der Waals surface area contributed by atoms with Crippen LogP contribution in [0, 0.1) is 11.8 Å². The number of halogens is 1. The third-order valence-corrected chi connectivity index (χ3v) is 2.36. The van der Waals surface area contributed by atoms with Gasteiger partial charge in [-0.25, -0.2) is 0 Å². The van der Waals surface area contributed by atoms with E-state index in [-0.39, 0.29) is 6.42 Å². The number of rotatable bonds is 1. The number of carbonyl (C=O) groups excluding carboxylic acids is 1. The van der Waals surface area contributed by atoms with Crippen LogP contribution in [0.1, 0.15) is 12.0 Å². The standard InChI is InChI=1S/C12H8ClNO/c13-11-8-12-10(4-5-14-12)7-9(11)3-1-2-6-15/h4-8,14H,2H2. The quantitative estimate of drug-likeness (QED) is 0.578. The summed E-state index contributed by atoms with van der Waals surface area (Å²) in [6.45, 7) is 0. The molecule has 2 aromatic rings. The number of H-pyrrole nitrogens is 1. The van der Waals surface area contributed by atoms with Crippen molar-refractivity contribution in [3.8, 4) is 11.8 Å². The first-order valence-electron chi connectivity index (χ1n) is 4.50. The summed E-state index contributed by atoms with van der Waals surface area (Å²) in [4.78, 5) is 13.2. The van der Waals surface area contributed by atoms with Gasteiger partial charge in [0.05, 0.1) is 11.4 Å². The van der Waals surface area contributed by atoms with Crippen LogP contribution >= 0.6 is 11.6 Å². The van der Waals surface area contributed by atoms with Crippen molar-refractivity contribution in [1.82, 2.24) is 4.98 Å². The Morgan fingerprint density at radius 3 is 3.13 bits per heavy atom. The molecule has 1 aromatic carbocycles. The zero-order valence-electron chi connectivity index (χ0n) is 7.88. The maximum Gasteiger partial charge on any atom is 0.131 e. The van der Waals surface area contributed by atoms with Crippen molar-refractivity contribution in [2.75, 3.05) is 0 Å². The van der Waals surface area contributed by atoms with Crippen molar-refractivity contribution >= 4 is 28.8 Å². The minimum Gasteiger partial charge on any atom is -0.361 e. The van der Waals surface area contributed by atoms with Crippen molar-refractivity contribution in [1.29, 1.82) is 0 Å². The van der Waals surface area contributed by atoms with Crippen LogP contribution in [-0.2, 0) is 4.79 Å². The Hall–Kier alpha value is -1.72. The molecule has 2 rings (SSSR count). The van der Waals surface area contributed by atoms with Gasteiger partial charge in [-0.15, -0.1) is 0 Å². The van der Waals surface area contributed by atoms with E-state index in [4.69, 9.17) is 11.6 Å². The van der Waals surface area contributed by atoms with Crippen molar-refractivity contribution in [2.45, 2.75) is 6.42 Å². The molecule has 0 aliphatic carbocycles. The average molecular weight is 218 g/mol. The minimum atomic E-state index is 0.238. The van der Waals surface area contributed by atoms with Gasteiger partial charge in [0, 0.05) is 22.7 Å². The van der Waals surface area contributed by atoms with Gasteiger partial charge in [-0.2, -0.15) is 0 Å². The van der Waals surface area contributed by atoms with Crippen LogP contribution < -0.4 is 0 Å². The lowest BCUT2D eigenvalue weighted by molar-refractivity contribution is -0.107. The number of nitrogens with one attached hydrogen (secondary N) is 1. The van der Waals surface area contributed by atoms with E-state index in [1.165, 1.54) is 0 Å². The number of aromatic amines is 1. The lowest BCUT2D eigenvalue weighted by Crippen LogP contribution is -1.78. The fourth-order valence-corrected chi connectivity index (χ4v) is 1.57. The molecule has 0 radical (unpaired) electrons. The van der Waals surface area contributed by atoms with Crippen molar-refractivity contribution in [3.63, 3.8) is 0 Å². The molecule has 2 nitrogen and oxygen atoms in total. The van der Waals surface area contributed by atoms with Crippen LogP contribution in [0.2, 0.25) is 5.02 Å². The van der Waals surface area contributed by atoms with Gasteiger partial charge in [0.25, 0.3) is 0 Å². The second-order valence-corrected chi connectivity index (χ2v) is 3.48. The van der Waals surface area contributed by atoms with Crippen molar-refractivity contribution in [2.24, 2.45) is 0 Å². The van der Waals surface area contributed by atoms with E-state index in [0.29, 0.717) is 5.02 Å². The largest absolute Gasteiger partial charge is 0.361 e. The lowest BCUT2D eigenvalue weighted by atomic mass is 10.1. The fourth-order valence-electron chi connectivity index (χ4n) is 1.36. The van der Waals surface area contributed by atoms with Gasteiger partial charge in [-0.1, -0.05) is 23.4 Å². The summed E-state index contributed by atoms with van der Waals surface area (Å²) in [5, 5.41) is 1.66. The zero-order chi connectivity index (χ0) is 10.7. The molecule has 0 saturated heterocycles. The van der Waals surface area contributed by atoms with E-state index in [0.717, 1.165) is 22.8 Å². The number of hydrogen-bond acceptors (Lipinski definition) is 1. The first-order valence-corrected chi connectivity index (χ1v) is 4.88. The highest BCUT2D eigenvalue weighted by molar-refractivity contribution is 6.32. The Balaban J connectivity index is 2.47. The molecule has 0 bridgehead atoms. The minimum absolute atomic E-state index is 0.238. The normalized spacial score (nSPS) is 9.67. The first kappa shape index (κ1) is 9.82. The van der Waals surface area contributed by atoms with Crippen LogP contribution in [0.4, 0.5) is 0 Å². The molecule has 0 unspecified atom stereocenters. The van der Waals surface area contributed by atoms with Crippen molar-refractivity contribution < 1.29 is 4.79 Å². The van der Waals surface area contributed by atoms with Gasteiger partial charge in [-0.05, 0) is 18.2 Å². The Bertz CT molecular complexity index is 560. The molecule has 0 spiro atoms. The Morgan fingerprint density at radius 2 is 2.33 bits per heavy atom. The molecule has 0 aliphatic heterocycles. The summed E-state index contributed by atoms with van der Waals surface area (Å²) in [6.07, 6.45) is 2.86. The van der Waals surface area contributed by atoms with Crippen LogP contribution in [0.5, 0.6) is 0 Å². The van der Waals surface area contributed by atoms with E-state index in [1.807, 2.05) is 24.4 Å². The second-order valence-electron chi connectivity index (χ2n) is 3.07. The molecule has 1 N–H and O–H groups in total. The van der Waals surface area contributed by atoms with E-state index in [9.17, 15) is 4.79 Å². The maximum atomic E-state index is 10.1. The molecule has 1 aromatic heterocycles. The number of fused-ring (bicyclic) bond motifs is 1. The fraction of sp³-hybridized carbons (Fsp3) is 0.0833. The van der Waals surface area contributed by atoms with Crippen LogP contribution in [0.3, 0.4) is 0 Å². The highest BCUT2D eigenvalue weighted by Crippen LogP contribution is 2.22. The number of hydrogen-bond donors (Lipinski definition) is 1. The highest BCUT2D eigenvalue weighted by Gasteiger charge is 2.00. The maximum absolute atomic E-state index is 10.1. The highest BCUT2D eigenvalue weighted by atomic mass is 35.5. The molecule has 1 heterocycles. The summed E-state index contributed by atoms with van der Waals surface area (Å²) in [6, 6.07) is 5.70. The average Bonchev–Trinajstić information content (AvgIpc) is 2.65. The summed E-state index contributed by atoms with van der Waals surface area (Å²) < 4.78 is 0. The third kappa shape index (κ3) is 2.03. The van der Waals surface area contributed by atoms with E-state index in [1.54, 1.807) is 0 Å². The van der Waals surface area contributed by atoms with Gasteiger partial charge in [0.15, 0.2) is 0 Å². The number of benzene rings is 1. The summed E-state index contributed by atoms with van der Waals surface area (Å²) in [5.74, 6) is 5.61. The van der Waals surface area contributed by atoms with E-state index < -0.39 is 0 Å². The van der Waals surface area contributed by atoms with Crippen LogP contribution in [0.15, 0.2) is 24.4 Å². The molecular weight excluding hydrogens is 210 g/mol. The van der Waals surface area contributed by atoms with Crippen LogP contribution in [0.25, 0.3) is 10.9 Å². The van der Waals surface area contributed by atoms with Gasteiger partial charge >= 0.3 is 0 Å². The van der Waals surface area contributed by atoms with Gasteiger partial charge < -0.3 is 9.78 Å². The number of aldehydes is 1. The Morgan fingerprint density at radius 1 is 1.47 bits per heavy atom. The second kappa shape index (κ2) is 4.20. The number of aromatic nitrogens is 1. The molecule has 0 aliphatic rings. The summed E-state index contributed by atoms with van der Waals surface area (Å²) in [7, 11) is 0. The molecule has 0 saturated carbocycles. The number of carbonyl (C=O) groups is 1. The summed E-state index contributed by atoms with van der Waals surface area (Å²) >= 11 is 6.03. The van der Waals surface area contributed by atoms with Gasteiger partial charge in [-0.3, -0.25) is 0 Å². The summed E-state index contributed by atoms with van der Waals surface area (Å²) in [5.41, 5.74) is 1.74. The third-order valence-electron chi connectivity index (χ3n) is 2.05. The van der Waals surface area contributed by atoms with Crippen molar-refractivity contribution in [3.05, 3.63) is 35.0 Å². The first-order chi connectivity index (χ1) is 7.31. The molecule has 3 heteroatoms. The lowest BCUT2D eigenvalue weighted by Gasteiger charge is -1.96. The zero-order valence-corrected chi connectivity index (χ0v) is 8.64. The smallest absolute Gasteiger partial charge is 0.131 e. The van der Waals surface area contributed by atoms with E-state index >= 15 is 0 Å². The molecular formula is C12H8ClNO. The predicted octanol–water partition coefficient (Wildman–Crippen LogP) is 2.76. The molecule has 74 valence electrons. The SMILES string of the molecule is O=CCC#Cc1cc2cc[nH]c2cc1Cl. The van der Waals surface area contributed by atoms with Gasteiger partial charge in [0.2, 0.25) is 0 Å². The Labute approximate surface area is 92.2 Å². The monoisotopic (exact) mass is 217 g/mol. The predicted molar refractivity (Wildman–Crippen MR) is 60.9 cm³/mol. The molecule has 15 heavy (non-hydrogen) atoms. The molecule has 0 atom stereocenters. The topological polar surface area (TPSA) is 32.9 Å².